The van der Waals surface area contributed by atoms with Gasteiger partial charge in [0, 0.05) is 12.2 Å². The molecule has 0 radical (unpaired) electrons. The number of rotatable bonds is 8. The van der Waals surface area contributed by atoms with Crippen molar-refractivity contribution in [2.24, 2.45) is 0 Å². The van der Waals surface area contributed by atoms with Gasteiger partial charge in [-0.3, -0.25) is 0 Å². The van der Waals surface area contributed by atoms with Crippen molar-refractivity contribution >= 4 is 23.9 Å². The minimum absolute atomic E-state index is 0.0377. The molecule has 2 heterocycles. The predicted molar refractivity (Wildman–Crippen MR) is 81.6 cm³/mol. The van der Waals surface area contributed by atoms with Crippen molar-refractivity contribution in [3.05, 3.63) is 25.3 Å². The Hall–Kier alpha value is -2.72. The molecule has 10 heteroatoms. The summed E-state index contributed by atoms with van der Waals surface area (Å²) in [6.45, 7) is 5.36. The highest BCUT2D eigenvalue weighted by Crippen LogP contribution is 2.30. The maximum atomic E-state index is 11.7. The molecule has 2 rings (SSSR count). The summed E-state index contributed by atoms with van der Waals surface area (Å²) in [4.78, 5) is 45.1. The third kappa shape index (κ3) is 5.14. The van der Waals surface area contributed by atoms with Gasteiger partial charge in [-0.05, 0) is 0 Å². The van der Waals surface area contributed by atoms with Gasteiger partial charge in [0.05, 0.1) is 13.2 Å². The second-order valence-corrected chi connectivity index (χ2v) is 5.28. The molecule has 142 valence electrons. The lowest BCUT2D eigenvalue weighted by molar-refractivity contribution is -0.165. The fourth-order valence-corrected chi connectivity index (χ4v) is 2.41. The summed E-state index contributed by atoms with van der Waals surface area (Å²) in [6, 6.07) is 0. The van der Waals surface area contributed by atoms with Gasteiger partial charge in [-0.2, -0.15) is 0 Å². The predicted octanol–water partition coefficient (Wildman–Crippen LogP) is -0.934. The molecule has 4 atom stereocenters. The maximum Gasteiger partial charge on any atom is 0.344 e. The van der Waals surface area contributed by atoms with Crippen molar-refractivity contribution in [3.8, 4) is 0 Å². The van der Waals surface area contributed by atoms with Crippen molar-refractivity contribution in [3.63, 3.8) is 0 Å². The van der Waals surface area contributed by atoms with Crippen LogP contribution in [0.4, 0.5) is 0 Å². The topological polar surface area (TPSA) is 124 Å². The molecule has 0 spiro atoms. The van der Waals surface area contributed by atoms with E-state index in [0.29, 0.717) is 0 Å². The van der Waals surface area contributed by atoms with E-state index in [0.717, 1.165) is 12.2 Å². The molecule has 0 aliphatic carbocycles. The van der Waals surface area contributed by atoms with E-state index >= 15 is 0 Å². The Balaban J connectivity index is 1.77. The lowest BCUT2D eigenvalue weighted by atomic mass is 10.1. The lowest BCUT2D eigenvalue weighted by Crippen LogP contribution is -2.37. The van der Waals surface area contributed by atoms with Crippen LogP contribution in [0.1, 0.15) is 0 Å². The largest absolute Gasteiger partial charge is 0.454 e. The first-order chi connectivity index (χ1) is 12.4. The smallest absolute Gasteiger partial charge is 0.344 e. The summed E-state index contributed by atoms with van der Waals surface area (Å²) in [6.07, 6.45) is -0.847. The van der Waals surface area contributed by atoms with E-state index in [2.05, 4.69) is 22.6 Å². The van der Waals surface area contributed by atoms with Crippen LogP contribution in [0.3, 0.4) is 0 Å². The molecular formula is C16H18O10. The zero-order valence-corrected chi connectivity index (χ0v) is 13.8. The van der Waals surface area contributed by atoms with E-state index in [9.17, 15) is 19.2 Å². The van der Waals surface area contributed by atoms with Crippen LogP contribution >= 0.6 is 0 Å². The van der Waals surface area contributed by atoms with Gasteiger partial charge in [0.25, 0.3) is 0 Å². The number of hydrogen-bond acceptors (Lipinski definition) is 10. The molecule has 2 saturated heterocycles. The fourth-order valence-electron chi connectivity index (χ4n) is 2.41. The van der Waals surface area contributed by atoms with E-state index in [4.69, 9.17) is 18.9 Å². The molecule has 2 aliphatic heterocycles. The van der Waals surface area contributed by atoms with Crippen LogP contribution in [0, 0.1) is 0 Å². The Morgan fingerprint density at radius 2 is 1.19 bits per heavy atom. The zero-order chi connectivity index (χ0) is 19.1. The van der Waals surface area contributed by atoms with Gasteiger partial charge in [0.1, 0.15) is 12.2 Å². The van der Waals surface area contributed by atoms with Crippen LogP contribution in [-0.2, 0) is 47.6 Å². The monoisotopic (exact) mass is 370 g/mol. The number of ether oxygens (including phenoxy) is 6. The molecule has 2 aliphatic rings. The highest BCUT2D eigenvalue weighted by atomic mass is 16.7. The molecule has 0 aromatic carbocycles. The Morgan fingerprint density at radius 1 is 0.808 bits per heavy atom. The highest BCUT2D eigenvalue weighted by molar-refractivity contribution is 5.84. The van der Waals surface area contributed by atoms with E-state index < -0.39 is 61.5 Å². The molecule has 2 fully saturated rings. The average molecular weight is 370 g/mol. The summed E-state index contributed by atoms with van der Waals surface area (Å²) in [5.41, 5.74) is 0. The second kappa shape index (κ2) is 9.11. The molecular weight excluding hydrogens is 352 g/mol. The van der Waals surface area contributed by atoms with Crippen LogP contribution in [-0.4, -0.2) is 74.7 Å². The third-order valence-electron chi connectivity index (χ3n) is 3.53. The summed E-state index contributed by atoms with van der Waals surface area (Å²) in [5.74, 6) is -3.03. The summed E-state index contributed by atoms with van der Waals surface area (Å²) in [7, 11) is 0. The average Bonchev–Trinajstić information content (AvgIpc) is 3.21. The van der Waals surface area contributed by atoms with Gasteiger partial charge in [0.2, 0.25) is 0 Å². The van der Waals surface area contributed by atoms with Crippen molar-refractivity contribution in [2.75, 3.05) is 26.4 Å². The Labute approximate surface area is 148 Å². The van der Waals surface area contributed by atoms with Crippen LogP contribution in [0.5, 0.6) is 0 Å². The zero-order valence-electron chi connectivity index (χ0n) is 13.8. The second-order valence-electron chi connectivity index (χ2n) is 5.28. The van der Waals surface area contributed by atoms with Gasteiger partial charge in [-0.1, -0.05) is 13.2 Å². The summed E-state index contributed by atoms with van der Waals surface area (Å²) in [5, 5.41) is 0. The van der Waals surface area contributed by atoms with Crippen molar-refractivity contribution in [1.29, 1.82) is 0 Å². The first kappa shape index (κ1) is 19.6. The minimum atomic E-state index is -0.769. The molecule has 0 aromatic rings. The molecule has 0 N–H and O–H groups in total. The molecule has 26 heavy (non-hydrogen) atoms. The van der Waals surface area contributed by atoms with Gasteiger partial charge in [0.15, 0.2) is 25.4 Å². The normalized spacial score (nSPS) is 26.3. The number of carbonyl (C=O) groups is 4. The molecule has 0 bridgehead atoms. The van der Waals surface area contributed by atoms with Gasteiger partial charge in [-0.15, -0.1) is 0 Å². The lowest BCUT2D eigenvalue weighted by Gasteiger charge is -2.17. The molecule has 10 nitrogen and oxygen atoms in total. The van der Waals surface area contributed by atoms with E-state index in [1.54, 1.807) is 0 Å². The van der Waals surface area contributed by atoms with Gasteiger partial charge < -0.3 is 28.4 Å². The SMILES string of the molecule is C=CC(=O)OCC(=O)OC1COC2C(OC(=O)COC(=O)C=C)COC12. The number of carbonyl (C=O) groups excluding carboxylic acids is 4. The highest BCUT2D eigenvalue weighted by Gasteiger charge is 2.51. The molecule has 0 saturated carbocycles. The van der Waals surface area contributed by atoms with E-state index in [1.165, 1.54) is 0 Å². The number of fused-ring (bicyclic) bond motifs is 1. The number of hydrogen-bond donors (Lipinski definition) is 0. The van der Waals surface area contributed by atoms with Crippen molar-refractivity contribution < 1.29 is 47.6 Å². The van der Waals surface area contributed by atoms with Crippen LogP contribution in [0.2, 0.25) is 0 Å². The number of esters is 4. The molecule has 0 amide bonds. The van der Waals surface area contributed by atoms with Crippen molar-refractivity contribution in [2.45, 2.75) is 24.4 Å². The Morgan fingerprint density at radius 3 is 1.54 bits per heavy atom. The maximum absolute atomic E-state index is 11.7. The van der Waals surface area contributed by atoms with Gasteiger partial charge >= 0.3 is 23.9 Å². The first-order valence-electron chi connectivity index (χ1n) is 7.65. The van der Waals surface area contributed by atoms with Gasteiger partial charge in [-0.25, -0.2) is 19.2 Å². The third-order valence-corrected chi connectivity index (χ3v) is 3.53. The van der Waals surface area contributed by atoms with E-state index in [1.807, 2.05) is 0 Å². The molecule has 0 aromatic heterocycles. The van der Waals surface area contributed by atoms with Crippen LogP contribution < -0.4 is 0 Å². The van der Waals surface area contributed by atoms with Crippen LogP contribution in [0.15, 0.2) is 25.3 Å². The first-order valence-corrected chi connectivity index (χ1v) is 7.65. The fraction of sp³-hybridized carbons (Fsp3) is 0.500. The van der Waals surface area contributed by atoms with Crippen molar-refractivity contribution in [1.82, 2.24) is 0 Å². The Bertz CT molecular complexity index is 546. The van der Waals surface area contributed by atoms with Crippen LogP contribution in [0.25, 0.3) is 0 Å². The quantitative estimate of drug-likeness (QED) is 0.300. The standard InChI is InChI=1S/C16H18O10/c1-3-11(17)21-7-13(19)25-9-5-23-16-10(6-24-15(9)16)26-14(20)8-22-12(18)4-2/h3-4,9-10,15-16H,1-2,5-8H2. The molecule has 4 unspecified atom stereocenters. The summed E-state index contributed by atoms with van der Waals surface area (Å²) >= 11 is 0. The summed E-state index contributed by atoms with van der Waals surface area (Å²) < 4.78 is 30.4. The Kier molecular flexibility index (Phi) is 6.87. The minimum Gasteiger partial charge on any atom is -0.454 e. The van der Waals surface area contributed by atoms with E-state index in [-0.39, 0.29) is 13.2 Å².